The van der Waals surface area contributed by atoms with Crippen molar-refractivity contribution < 1.29 is 14.3 Å². The van der Waals surface area contributed by atoms with Gasteiger partial charge in [0.2, 0.25) is 0 Å². The number of aliphatic hydroxyl groups excluding tert-OH is 1. The number of likely N-dealkylation sites (N-methyl/N-ethyl adjacent to an activating group) is 1. The van der Waals surface area contributed by atoms with E-state index in [-0.39, 0.29) is 6.61 Å². The van der Waals surface area contributed by atoms with E-state index in [9.17, 15) is 5.11 Å². The highest BCUT2D eigenvalue weighted by atomic mass is 16.5. The molecule has 0 saturated heterocycles. The summed E-state index contributed by atoms with van der Waals surface area (Å²) in [7, 11) is 2.21. The van der Waals surface area contributed by atoms with Gasteiger partial charge in [-0.05, 0) is 19.1 Å². The van der Waals surface area contributed by atoms with E-state index in [1.165, 1.54) is 0 Å². The van der Waals surface area contributed by atoms with Gasteiger partial charge in [-0.25, -0.2) is 0 Å². The second-order valence-corrected chi connectivity index (χ2v) is 6.02. The van der Waals surface area contributed by atoms with Crippen molar-refractivity contribution >= 4 is 11.4 Å². The first-order valence-electron chi connectivity index (χ1n) is 7.79. The van der Waals surface area contributed by atoms with Gasteiger partial charge in [-0.15, -0.1) is 0 Å². The van der Waals surface area contributed by atoms with E-state index in [4.69, 9.17) is 10.5 Å². The summed E-state index contributed by atoms with van der Waals surface area (Å²) in [5.74, 6) is 0.893. The monoisotopic (exact) mass is 294 g/mol. The van der Waals surface area contributed by atoms with E-state index < -0.39 is 0 Å². The molecule has 0 bridgehead atoms. The molecular weight excluding hydrogens is 266 g/mol. The largest absolute Gasteiger partial charge is 0.489 e. The lowest BCUT2D eigenvalue weighted by Gasteiger charge is -2.35. The highest BCUT2D eigenvalue weighted by Crippen LogP contribution is 2.33. The molecule has 1 heterocycles. The van der Waals surface area contributed by atoms with Gasteiger partial charge in [0.15, 0.2) is 0 Å². The number of nitrogens with zero attached hydrogens (tertiary/aromatic N) is 2. The molecule has 3 N–H and O–H groups in total. The maximum atomic E-state index is 9.18. The maximum Gasteiger partial charge on any atom is 0.144 e. The minimum atomic E-state index is 0.254. The first-order valence-corrected chi connectivity index (χ1v) is 7.79. The van der Waals surface area contributed by atoms with Crippen LogP contribution in [0.3, 0.4) is 0 Å². The number of ether oxygens (including phenoxy) is 1. The van der Waals surface area contributed by atoms with E-state index in [0.29, 0.717) is 6.61 Å². The fourth-order valence-electron chi connectivity index (χ4n) is 2.84. The number of aliphatic hydroxyl groups is 1. The molecule has 1 aliphatic heterocycles. The Bertz CT molecular complexity index is 467. The first-order chi connectivity index (χ1) is 10.1. The average Bonchev–Trinajstić information content (AvgIpc) is 2.47. The normalized spacial score (nSPS) is 17.0. The zero-order valence-electron chi connectivity index (χ0n) is 13.2. The van der Waals surface area contributed by atoms with E-state index >= 15 is 0 Å². The summed E-state index contributed by atoms with van der Waals surface area (Å²) in [6.45, 7) is 8.05. The Balaban J connectivity index is 1.93. The summed E-state index contributed by atoms with van der Waals surface area (Å²) in [4.78, 5) is 2.37. The zero-order valence-corrected chi connectivity index (χ0v) is 13.2. The van der Waals surface area contributed by atoms with E-state index in [2.05, 4.69) is 18.9 Å². The number of hydrogen-bond donors (Lipinski definition) is 2. The number of hydrogen-bond acceptors (Lipinski definition) is 4. The van der Waals surface area contributed by atoms with Crippen LogP contribution < -0.4 is 15.4 Å². The molecule has 0 amide bonds. The molecule has 1 aromatic rings. The molecule has 1 unspecified atom stereocenters. The van der Waals surface area contributed by atoms with Crippen LogP contribution in [0.4, 0.5) is 11.4 Å². The fraction of sp³-hybridized carbons (Fsp3) is 0.625. The molecule has 21 heavy (non-hydrogen) atoms. The Morgan fingerprint density at radius 2 is 2.19 bits per heavy atom. The van der Waals surface area contributed by atoms with Gasteiger partial charge in [0.1, 0.15) is 18.9 Å². The third kappa shape index (κ3) is 4.02. The number of anilines is 2. The topological polar surface area (TPSA) is 58.7 Å². The smallest absolute Gasteiger partial charge is 0.144 e. The van der Waals surface area contributed by atoms with Crippen molar-refractivity contribution in [1.82, 2.24) is 0 Å². The SMILES string of the molecule is CC[N+](C)(CCO)CCCN1CCOc2cc(N)ccc21. The number of benzene rings is 1. The molecule has 1 atom stereocenters. The summed E-state index contributed by atoms with van der Waals surface area (Å²) < 4.78 is 6.61. The molecule has 0 aromatic heterocycles. The highest BCUT2D eigenvalue weighted by Gasteiger charge is 2.21. The zero-order chi connectivity index (χ0) is 15.3. The minimum Gasteiger partial charge on any atom is -0.489 e. The van der Waals surface area contributed by atoms with Crippen molar-refractivity contribution in [3.8, 4) is 5.75 Å². The Hall–Kier alpha value is -1.46. The minimum absolute atomic E-state index is 0.254. The summed E-state index contributed by atoms with van der Waals surface area (Å²) in [5.41, 5.74) is 7.70. The summed E-state index contributed by atoms with van der Waals surface area (Å²) >= 11 is 0. The van der Waals surface area contributed by atoms with Crippen molar-refractivity contribution in [1.29, 1.82) is 0 Å². The van der Waals surface area contributed by atoms with Gasteiger partial charge in [-0.1, -0.05) is 0 Å². The molecule has 0 aliphatic carbocycles. The third-order valence-corrected chi connectivity index (χ3v) is 4.47. The van der Waals surface area contributed by atoms with Crippen LogP contribution in [-0.4, -0.2) is 62.6 Å². The Morgan fingerprint density at radius 3 is 2.90 bits per heavy atom. The van der Waals surface area contributed by atoms with Crippen LogP contribution >= 0.6 is 0 Å². The van der Waals surface area contributed by atoms with Crippen molar-refractivity contribution in [2.24, 2.45) is 0 Å². The molecule has 5 nitrogen and oxygen atoms in total. The first kappa shape index (κ1) is 15.9. The molecule has 0 radical (unpaired) electrons. The van der Waals surface area contributed by atoms with E-state index in [0.717, 1.165) is 60.8 Å². The highest BCUT2D eigenvalue weighted by molar-refractivity contribution is 5.64. The van der Waals surface area contributed by atoms with Gasteiger partial charge in [0, 0.05) is 24.7 Å². The Labute approximate surface area is 127 Å². The number of quaternary nitrogens is 1. The standard InChI is InChI=1S/C16H28N3O2/c1-3-19(2,10-11-20)9-4-7-18-8-12-21-16-13-14(17)5-6-15(16)18/h5-6,13,20H,3-4,7-12,17H2,1-2H3/q+1. The Kier molecular flexibility index (Phi) is 5.31. The van der Waals surface area contributed by atoms with Gasteiger partial charge in [0.05, 0.1) is 39.0 Å². The van der Waals surface area contributed by atoms with E-state index in [1.807, 2.05) is 18.2 Å². The predicted octanol–water partition coefficient (Wildman–Crippen LogP) is 1.32. The van der Waals surface area contributed by atoms with Crippen LogP contribution in [-0.2, 0) is 0 Å². The van der Waals surface area contributed by atoms with Crippen LogP contribution in [0.1, 0.15) is 13.3 Å². The molecule has 118 valence electrons. The number of rotatable bonds is 7. The Morgan fingerprint density at radius 1 is 1.38 bits per heavy atom. The van der Waals surface area contributed by atoms with Crippen molar-refractivity contribution in [3.05, 3.63) is 18.2 Å². The van der Waals surface area contributed by atoms with Crippen molar-refractivity contribution in [2.75, 3.05) is 63.6 Å². The summed E-state index contributed by atoms with van der Waals surface area (Å²) in [6, 6.07) is 5.88. The number of nitrogen functional groups attached to an aromatic ring is 1. The molecular formula is C16H28N3O2+. The number of nitrogens with two attached hydrogens (primary N) is 1. The van der Waals surface area contributed by atoms with Gasteiger partial charge >= 0.3 is 0 Å². The molecule has 1 aliphatic rings. The van der Waals surface area contributed by atoms with Crippen LogP contribution in [0.2, 0.25) is 0 Å². The van der Waals surface area contributed by atoms with Crippen molar-refractivity contribution in [2.45, 2.75) is 13.3 Å². The quantitative estimate of drug-likeness (QED) is 0.588. The lowest BCUT2D eigenvalue weighted by atomic mass is 10.2. The van der Waals surface area contributed by atoms with Crippen LogP contribution in [0.25, 0.3) is 0 Å². The van der Waals surface area contributed by atoms with Gasteiger partial charge < -0.3 is 25.0 Å². The van der Waals surface area contributed by atoms with Crippen LogP contribution in [0.15, 0.2) is 18.2 Å². The molecule has 2 rings (SSSR count). The second-order valence-electron chi connectivity index (χ2n) is 6.02. The van der Waals surface area contributed by atoms with Gasteiger partial charge in [-0.3, -0.25) is 0 Å². The lowest BCUT2D eigenvalue weighted by Crippen LogP contribution is -2.47. The van der Waals surface area contributed by atoms with Crippen LogP contribution in [0.5, 0.6) is 5.75 Å². The summed E-state index contributed by atoms with van der Waals surface area (Å²) in [6.07, 6.45) is 1.11. The average molecular weight is 294 g/mol. The molecule has 0 fully saturated rings. The van der Waals surface area contributed by atoms with E-state index in [1.54, 1.807) is 0 Å². The molecule has 5 heteroatoms. The predicted molar refractivity (Wildman–Crippen MR) is 86.7 cm³/mol. The lowest BCUT2D eigenvalue weighted by molar-refractivity contribution is -0.908. The van der Waals surface area contributed by atoms with Crippen LogP contribution in [0, 0.1) is 0 Å². The molecule has 0 saturated carbocycles. The fourth-order valence-corrected chi connectivity index (χ4v) is 2.84. The van der Waals surface area contributed by atoms with Crippen molar-refractivity contribution in [3.63, 3.8) is 0 Å². The summed E-state index contributed by atoms with van der Waals surface area (Å²) in [5, 5.41) is 9.18. The van der Waals surface area contributed by atoms with Gasteiger partial charge in [-0.2, -0.15) is 0 Å². The third-order valence-electron chi connectivity index (χ3n) is 4.47. The number of fused-ring (bicyclic) bond motifs is 1. The molecule has 0 spiro atoms. The van der Waals surface area contributed by atoms with Gasteiger partial charge in [0.25, 0.3) is 0 Å². The maximum absolute atomic E-state index is 9.18. The molecule has 1 aromatic carbocycles. The second kappa shape index (κ2) is 7.00.